The number of carbonyl (C=O) groups is 1. The van der Waals surface area contributed by atoms with Crippen molar-refractivity contribution in [3.8, 4) is 0 Å². The third-order valence-corrected chi connectivity index (χ3v) is 3.82. The maximum absolute atomic E-state index is 11.8. The highest BCUT2D eigenvalue weighted by Crippen LogP contribution is 2.13. The van der Waals surface area contributed by atoms with Gasteiger partial charge in [0.15, 0.2) is 0 Å². The SMILES string of the molecule is CCCNC(CN(C)C1CCCN(C)C1)C(=O)OC. The van der Waals surface area contributed by atoms with Crippen molar-refractivity contribution in [3.63, 3.8) is 0 Å². The first-order valence-electron chi connectivity index (χ1n) is 7.28. The van der Waals surface area contributed by atoms with Crippen molar-refractivity contribution >= 4 is 5.97 Å². The van der Waals surface area contributed by atoms with Crippen LogP contribution in [0.4, 0.5) is 0 Å². The Morgan fingerprint density at radius 1 is 1.58 bits per heavy atom. The van der Waals surface area contributed by atoms with Gasteiger partial charge in [0, 0.05) is 19.1 Å². The molecule has 0 aliphatic carbocycles. The van der Waals surface area contributed by atoms with Crippen LogP contribution in [-0.2, 0) is 9.53 Å². The van der Waals surface area contributed by atoms with Crippen molar-refractivity contribution in [3.05, 3.63) is 0 Å². The van der Waals surface area contributed by atoms with Crippen LogP contribution in [0, 0.1) is 0 Å². The molecule has 19 heavy (non-hydrogen) atoms. The number of hydrogen-bond acceptors (Lipinski definition) is 5. The molecule has 1 aliphatic heterocycles. The minimum absolute atomic E-state index is 0.163. The number of ether oxygens (including phenoxy) is 1. The third kappa shape index (κ3) is 5.47. The summed E-state index contributed by atoms with van der Waals surface area (Å²) in [5.41, 5.74) is 0. The van der Waals surface area contributed by atoms with Crippen LogP contribution in [0.5, 0.6) is 0 Å². The summed E-state index contributed by atoms with van der Waals surface area (Å²) in [6.45, 7) is 5.92. The van der Waals surface area contributed by atoms with Crippen molar-refractivity contribution in [2.75, 3.05) is 47.4 Å². The molecular formula is C14H29N3O2. The summed E-state index contributed by atoms with van der Waals surface area (Å²) in [5, 5.41) is 3.27. The Balaban J connectivity index is 2.49. The summed E-state index contributed by atoms with van der Waals surface area (Å²) in [5.74, 6) is -0.163. The zero-order valence-corrected chi connectivity index (χ0v) is 12.8. The van der Waals surface area contributed by atoms with E-state index in [-0.39, 0.29) is 12.0 Å². The Kier molecular flexibility index (Phi) is 7.34. The molecule has 1 N–H and O–H groups in total. The third-order valence-electron chi connectivity index (χ3n) is 3.82. The molecule has 0 bridgehead atoms. The van der Waals surface area contributed by atoms with Gasteiger partial charge >= 0.3 is 5.97 Å². The molecule has 2 atom stereocenters. The summed E-state index contributed by atoms with van der Waals surface area (Å²) in [6.07, 6.45) is 3.46. The van der Waals surface area contributed by atoms with Crippen LogP contribution in [0.2, 0.25) is 0 Å². The average Bonchev–Trinajstić information content (AvgIpc) is 2.42. The molecule has 0 aromatic heterocycles. The van der Waals surface area contributed by atoms with Gasteiger partial charge in [0.1, 0.15) is 6.04 Å². The van der Waals surface area contributed by atoms with Crippen LogP contribution in [-0.4, -0.2) is 75.2 Å². The topological polar surface area (TPSA) is 44.8 Å². The predicted octanol–water partition coefficient (Wildman–Crippen LogP) is 0.554. The number of rotatable bonds is 7. The van der Waals surface area contributed by atoms with E-state index in [1.54, 1.807) is 0 Å². The standard InChI is InChI=1S/C14H29N3O2/c1-5-8-15-13(14(18)19-4)11-17(3)12-7-6-9-16(2)10-12/h12-13,15H,5-11H2,1-4H3. The van der Waals surface area contributed by atoms with E-state index in [0.29, 0.717) is 12.6 Å². The lowest BCUT2D eigenvalue weighted by Crippen LogP contribution is -2.52. The van der Waals surface area contributed by atoms with E-state index in [9.17, 15) is 4.79 Å². The highest BCUT2D eigenvalue weighted by Gasteiger charge is 2.26. The first-order valence-corrected chi connectivity index (χ1v) is 7.28. The zero-order chi connectivity index (χ0) is 14.3. The van der Waals surface area contributed by atoms with Crippen LogP contribution in [0.15, 0.2) is 0 Å². The highest BCUT2D eigenvalue weighted by molar-refractivity contribution is 5.75. The monoisotopic (exact) mass is 271 g/mol. The fourth-order valence-electron chi connectivity index (χ4n) is 2.62. The molecule has 0 aromatic carbocycles. The fraction of sp³-hybridized carbons (Fsp3) is 0.929. The second-order valence-corrected chi connectivity index (χ2v) is 5.53. The second kappa shape index (κ2) is 8.51. The van der Waals surface area contributed by atoms with Gasteiger partial charge in [-0.2, -0.15) is 0 Å². The number of nitrogens with zero attached hydrogens (tertiary/aromatic N) is 2. The molecule has 5 heteroatoms. The zero-order valence-electron chi connectivity index (χ0n) is 12.8. The molecule has 2 unspecified atom stereocenters. The van der Waals surface area contributed by atoms with E-state index in [1.165, 1.54) is 26.5 Å². The highest BCUT2D eigenvalue weighted by atomic mass is 16.5. The molecule has 1 fully saturated rings. The van der Waals surface area contributed by atoms with Crippen LogP contribution < -0.4 is 5.32 Å². The number of methoxy groups -OCH3 is 1. The molecule has 1 saturated heterocycles. The predicted molar refractivity (Wildman–Crippen MR) is 77.2 cm³/mol. The van der Waals surface area contributed by atoms with Gasteiger partial charge in [-0.15, -0.1) is 0 Å². The van der Waals surface area contributed by atoms with Crippen molar-refractivity contribution in [2.45, 2.75) is 38.3 Å². The van der Waals surface area contributed by atoms with Gasteiger partial charge in [0.05, 0.1) is 7.11 Å². The molecule has 0 radical (unpaired) electrons. The summed E-state index contributed by atoms with van der Waals surface area (Å²) in [4.78, 5) is 16.4. The van der Waals surface area contributed by atoms with Gasteiger partial charge in [-0.05, 0) is 46.4 Å². The molecule has 112 valence electrons. The van der Waals surface area contributed by atoms with Gasteiger partial charge in [-0.25, -0.2) is 0 Å². The minimum atomic E-state index is -0.220. The smallest absolute Gasteiger partial charge is 0.324 e. The number of piperidine rings is 1. The van der Waals surface area contributed by atoms with Gasteiger partial charge in [0.25, 0.3) is 0 Å². The van der Waals surface area contributed by atoms with Gasteiger partial charge in [-0.1, -0.05) is 6.92 Å². The Labute approximate surface area is 117 Å². The van der Waals surface area contributed by atoms with E-state index in [2.05, 4.69) is 36.1 Å². The Morgan fingerprint density at radius 2 is 2.32 bits per heavy atom. The van der Waals surface area contributed by atoms with Gasteiger partial charge in [0.2, 0.25) is 0 Å². The summed E-state index contributed by atoms with van der Waals surface area (Å²) in [6, 6.07) is 0.316. The maximum atomic E-state index is 11.8. The Hall–Kier alpha value is -0.650. The molecule has 1 aliphatic rings. The molecule has 5 nitrogen and oxygen atoms in total. The lowest BCUT2D eigenvalue weighted by atomic mass is 10.0. The largest absolute Gasteiger partial charge is 0.468 e. The Bertz CT molecular complexity index is 273. The fourth-order valence-corrected chi connectivity index (χ4v) is 2.62. The van der Waals surface area contributed by atoms with E-state index < -0.39 is 0 Å². The number of esters is 1. The van der Waals surface area contributed by atoms with Crippen LogP contribution in [0.3, 0.4) is 0 Å². The normalized spacial score (nSPS) is 22.5. The van der Waals surface area contributed by atoms with Gasteiger partial charge in [-0.3, -0.25) is 9.69 Å². The van der Waals surface area contributed by atoms with Crippen molar-refractivity contribution in [1.82, 2.24) is 15.1 Å². The summed E-state index contributed by atoms with van der Waals surface area (Å²) < 4.78 is 4.88. The van der Waals surface area contributed by atoms with Crippen molar-refractivity contribution < 1.29 is 9.53 Å². The number of carbonyl (C=O) groups excluding carboxylic acids is 1. The molecular weight excluding hydrogens is 242 g/mol. The van der Waals surface area contributed by atoms with E-state index in [1.807, 2.05) is 0 Å². The molecule has 1 heterocycles. The minimum Gasteiger partial charge on any atom is -0.468 e. The molecule has 0 spiro atoms. The molecule has 0 aromatic rings. The summed E-state index contributed by atoms with van der Waals surface area (Å²) >= 11 is 0. The summed E-state index contributed by atoms with van der Waals surface area (Å²) in [7, 11) is 5.72. The lowest BCUT2D eigenvalue weighted by molar-refractivity contribution is -0.143. The number of hydrogen-bond donors (Lipinski definition) is 1. The molecule has 0 saturated carbocycles. The van der Waals surface area contributed by atoms with Crippen molar-refractivity contribution in [1.29, 1.82) is 0 Å². The number of nitrogens with one attached hydrogen (secondary N) is 1. The Morgan fingerprint density at radius 3 is 2.89 bits per heavy atom. The molecule has 1 rings (SSSR count). The lowest BCUT2D eigenvalue weighted by Gasteiger charge is -2.37. The van der Waals surface area contributed by atoms with E-state index in [4.69, 9.17) is 4.74 Å². The molecule has 0 amide bonds. The second-order valence-electron chi connectivity index (χ2n) is 5.53. The van der Waals surface area contributed by atoms with Gasteiger partial charge < -0.3 is 15.0 Å². The van der Waals surface area contributed by atoms with Crippen molar-refractivity contribution in [2.24, 2.45) is 0 Å². The first-order chi connectivity index (χ1) is 9.08. The van der Waals surface area contributed by atoms with Crippen LogP contribution in [0.1, 0.15) is 26.2 Å². The van der Waals surface area contributed by atoms with Crippen LogP contribution in [0.25, 0.3) is 0 Å². The average molecular weight is 271 g/mol. The maximum Gasteiger partial charge on any atom is 0.324 e. The van der Waals surface area contributed by atoms with E-state index >= 15 is 0 Å². The van der Waals surface area contributed by atoms with Crippen LogP contribution >= 0.6 is 0 Å². The van der Waals surface area contributed by atoms with E-state index in [0.717, 1.165) is 19.5 Å². The number of likely N-dealkylation sites (N-methyl/N-ethyl adjacent to an activating group) is 2. The first kappa shape index (κ1) is 16.4. The number of likely N-dealkylation sites (tertiary alicyclic amines) is 1. The quantitative estimate of drug-likeness (QED) is 0.685.